The molecule has 4 bridgehead atoms. The molecule has 1 heterocycles. The van der Waals surface area contributed by atoms with Crippen LogP contribution in [0.1, 0.15) is 12.8 Å². The number of nitrogens with two attached hydrogens (primary N) is 1. The molecule has 1 aliphatic heterocycles. The first-order valence-electron chi connectivity index (χ1n) is 8.86. The van der Waals surface area contributed by atoms with Gasteiger partial charge in [0.25, 0.3) is 0 Å². The first kappa shape index (κ1) is 10.1. The highest BCUT2D eigenvalue weighted by atomic mass is 15.3. The number of nitrogens with one attached hydrogen (secondary N) is 1. The molecule has 3 N–H and O–H groups in total. The summed E-state index contributed by atoms with van der Waals surface area (Å²) >= 11 is 0. The van der Waals surface area contributed by atoms with Crippen molar-refractivity contribution in [2.45, 2.75) is 12.8 Å². The van der Waals surface area contributed by atoms with Crippen LogP contribution < -0.4 is 5.73 Å². The number of rotatable bonds is 0. The van der Waals surface area contributed by atoms with E-state index >= 15 is 0 Å². The summed E-state index contributed by atoms with van der Waals surface area (Å²) in [4.78, 5) is 2.21. The van der Waals surface area contributed by atoms with Crippen LogP contribution in [0.2, 0.25) is 0 Å². The Labute approximate surface area is 119 Å². The summed E-state index contributed by atoms with van der Waals surface area (Å²) in [5, 5.41) is 7.83. The van der Waals surface area contributed by atoms with Gasteiger partial charge in [0.05, 0.1) is 0 Å². The molecule has 8 fully saturated rings. The Morgan fingerprint density at radius 3 is 1.55 bits per heavy atom. The fourth-order valence-electron chi connectivity index (χ4n) is 9.89. The van der Waals surface area contributed by atoms with Crippen LogP contribution in [0.3, 0.4) is 0 Å². The first-order chi connectivity index (χ1) is 9.77. The van der Waals surface area contributed by atoms with Gasteiger partial charge in [-0.15, -0.1) is 0 Å². The Hall–Kier alpha value is -0.730. The Morgan fingerprint density at radius 1 is 0.700 bits per heavy atom. The molecule has 20 heavy (non-hydrogen) atoms. The predicted molar refractivity (Wildman–Crippen MR) is 74.6 cm³/mol. The maximum absolute atomic E-state index is 7.83. The molecule has 0 aromatic rings. The summed E-state index contributed by atoms with van der Waals surface area (Å²) in [6, 6.07) is 0. The molecule has 12 atom stereocenters. The lowest BCUT2D eigenvalue weighted by Gasteiger charge is -2.59. The standard InChI is InChI=1S/C17H23N3/c18-17(19)20-3-7-8(4-20)14-10-6-2-1-5-9(10)13(7)15-11(5)12(6)16(14)15/h5-16H,1-4H2,(H3,18,19)/t5-,6+,7+,8-,9-,10+,11-,12+,13-,14+,15+,16-. The van der Waals surface area contributed by atoms with E-state index in [0.717, 1.165) is 72.3 Å². The molecule has 0 unspecified atom stereocenters. The van der Waals surface area contributed by atoms with Crippen LogP contribution in [0.15, 0.2) is 0 Å². The van der Waals surface area contributed by atoms with Gasteiger partial charge in [0.2, 0.25) is 0 Å². The van der Waals surface area contributed by atoms with Gasteiger partial charge in [0, 0.05) is 13.1 Å². The molecule has 8 rings (SSSR count). The molecule has 3 nitrogen and oxygen atoms in total. The zero-order chi connectivity index (χ0) is 12.9. The molecule has 7 saturated carbocycles. The molecule has 7 aliphatic carbocycles. The minimum absolute atomic E-state index is 0.341. The van der Waals surface area contributed by atoms with Gasteiger partial charge in [0.15, 0.2) is 5.96 Å². The van der Waals surface area contributed by atoms with Crippen molar-refractivity contribution in [2.75, 3.05) is 13.1 Å². The van der Waals surface area contributed by atoms with E-state index in [1.54, 1.807) is 12.8 Å². The Kier molecular flexibility index (Phi) is 1.34. The minimum atomic E-state index is 0.341. The van der Waals surface area contributed by atoms with E-state index in [0.29, 0.717) is 5.96 Å². The van der Waals surface area contributed by atoms with Crippen LogP contribution in [0, 0.1) is 76.4 Å². The van der Waals surface area contributed by atoms with E-state index in [1.165, 1.54) is 11.8 Å². The lowest BCUT2D eigenvalue weighted by atomic mass is 9.44. The molecule has 0 aromatic carbocycles. The third kappa shape index (κ3) is 0.710. The van der Waals surface area contributed by atoms with Crippen molar-refractivity contribution in [1.29, 1.82) is 5.41 Å². The number of guanidine groups is 1. The third-order valence-corrected chi connectivity index (χ3v) is 9.55. The highest BCUT2D eigenvalue weighted by molar-refractivity contribution is 5.75. The number of nitrogens with zero attached hydrogens (tertiary/aromatic N) is 1. The van der Waals surface area contributed by atoms with E-state index in [9.17, 15) is 0 Å². The van der Waals surface area contributed by atoms with Gasteiger partial charge in [-0.05, 0) is 83.9 Å². The molecule has 0 amide bonds. The SMILES string of the molecule is N=C(N)N1C[C@@H]2[C@H](C1)[C@@H]1[C@@H]3[C@H]4CC[C@H]5[C@@H]3[C@H]2[C@H]2[C@@H]5[C@@H]4[C@@H]12. The summed E-state index contributed by atoms with van der Waals surface area (Å²) in [6.45, 7) is 2.25. The van der Waals surface area contributed by atoms with Gasteiger partial charge in [0.1, 0.15) is 0 Å². The molecule has 0 aromatic heterocycles. The maximum atomic E-state index is 7.83. The molecule has 0 spiro atoms. The van der Waals surface area contributed by atoms with Crippen molar-refractivity contribution in [3.63, 3.8) is 0 Å². The van der Waals surface area contributed by atoms with Crippen LogP contribution >= 0.6 is 0 Å². The minimum Gasteiger partial charge on any atom is -0.370 e. The number of fused-ring (bicyclic) bond motifs is 1. The molecule has 8 aliphatic rings. The van der Waals surface area contributed by atoms with E-state index in [1.807, 2.05) is 0 Å². The molecular weight excluding hydrogens is 246 g/mol. The van der Waals surface area contributed by atoms with Gasteiger partial charge >= 0.3 is 0 Å². The van der Waals surface area contributed by atoms with Crippen molar-refractivity contribution in [3.8, 4) is 0 Å². The zero-order valence-electron chi connectivity index (χ0n) is 11.8. The molecule has 106 valence electrons. The van der Waals surface area contributed by atoms with Crippen molar-refractivity contribution >= 4 is 5.96 Å². The summed E-state index contributed by atoms with van der Waals surface area (Å²) in [7, 11) is 0. The highest BCUT2D eigenvalue weighted by Crippen LogP contribution is 2.88. The fraction of sp³-hybridized carbons (Fsp3) is 0.941. The topological polar surface area (TPSA) is 53.1 Å². The van der Waals surface area contributed by atoms with Crippen LogP contribution in [0.4, 0.5) is 0 Å². The Morgan fingerprint density at radius 2 is 1.10 bits per heavy atom. The molecular formula is C17H23N3. The van der Waals surface area contributed by atoms with E-state index in [2.05, 4.69) is 4.90 Å². The fourth-order valence-corrected chi connectivity index (χ4v) is 9.89. The highest BCUT2D eigenvalue weighted by Gasteiger charge is 2.85. The van der Waals surface area contributed by atoms with E-state index < -0.39 is 0 Å². The smallest absolute Gasteiger partial charge is 0.188 e. The average Bonchev–Trinajstić information content (AvgIpc) is 2.99. The van der Waals surface area contributed by atoms with Gasteiger partial charge in [-0.2, -0.15) is 0 Å². The average molecular weight is 269 g/mol. The largest absolute Gasteiger partial charge is 0.370 e. The number of likely N-dealkylation sites (tertiary alicyclic amines) is 1. The summed E-state index contributed by atoms with van der Waals surface area (Å²) in [6.07, 6.45) is 3.15. The second-order valence-electron chi connectivity index (χ2n) is 9.14. The van der Waals surface area contributed by atoms with Crippen molar-refractivity contribution in [3.05, 3.63) is 0 Å². The van der Waals surface area contributed by atoms with Crippen LogP contribution in [0.25, 0.3) is 0 Å². The van der Waals surface area contributed by atoms with Crippen LogP contribution in [-0.2, 0) is 0 Å². The number of hydrogen-bond donors (Lipinski definition) is 2. The van der Waals surface area contributed by atoms with Crippen LogP contribution in [0.5, 0.6) is 0 Å². The van der Waals surface area contributed by atoms with E-state index in [4.69, 9.17) is 11.1 Å². The van der Waals surface area contributed by atoms with Gasteiger partial charge in [-0.1, -0.05) is 0 Å². The zero-order valence-corrected chi connectivity index (χ0v) is 11.8. The summed E-state index contributed by atoms with van der Waals surface area (Å²) < 4.78 is 0. The van der Waals surface area contributed by atoms with Crippen molar-refractivity contribution in [2.24, 2.45) is 76.7 Å². The predicted octanol–water partition coefficient (Wildman–Crippen LogP) is 1.45. The molecule has 3 heteroatoms. The Bertz CT molecular complexity index is 512. The number of hydrogen-bond acceptors (Lipinski definition) is 1. The van der Waals surface area contributed by atoms with Crippen molar-refractivity contribution < 1.29 is 0 Å². The maximum Gasteiger partial charge on any atom is 0.188 e. The first-order valence-corrected chi connectivity index (χ1v) is 8.86. The summed E-state index contributed by atoms with van der Waals surface area (Å²) in [5.74, 6) is 13.4. The Balaban J connectivity index is 1.40. The molecule has 1 saturated heterocycles. The van der Waals surface area contributed by atoms with Gasteiger partial charge < -0.3 is 10.6 Å². The van der Waals surface area contributed by atoms with Crippen LogP contribution in [-0.4, -0.2) is 23.9 Å². The van der Waals surface area contributed by atoms with Gasteiger partial charge in [-0.3, -0.25) is 5.41 Å². The van der Waals surface area contributed by atoms with Crippen molar-refractivity contribution in [1.82, 2.24) is 4.90 Å². The van der Waals surface area contributed by atoms with Gasteiger partial charge in [-0.25, -0.2) is 0 Å². The normalized spacial score (nSPS) is 72.5. The van der Waals surface area contributed by atoms with E-state index in [-0.39, 0.29) is 0 Å². The summed E-state index contributed by atoms with van der Waals surface area (Å²) in [5.41, 5.74) is 5.81. The monoisotopic (exact) mass is 269 g/mol. The third-order valence-electron chi connectivity index (χ3n) is 9.55. The second kappa shape index (κ2) is 2.66. The molecule has 0 radical (unpaired) electrons. The quantitative estimate of drug-likeness (QED) is 0.516. The second-order valence-corrected chi connectivity index (χ2v) is 9.14. The lowest BCUT2D eigenvalue weighted by molar-refractivity contribution is -0.127. The lowest BCUT2D eigenvalue weighted by Crippen LogP contribution is -2.57.